The van der Waals surface area contributed by atoms with Crippen LogP contribution in [0.1, 0.15) is 0 Å². The van der Waals surface area contributed by atoms with Crippen molar-refractivity contribution in [2.24, 2.45) is 0 Å². The van der Waals surface area contributed by atoms with Crippen molar-refractivity contribution in [1.29, 1.82) is 0 Å². The Morgan fingerprint density at radius 1 is 1.39 bits per heavy atom. The van der Waals surface area contributed by atoms with Crippen LogP contribution in [-0.4, -0.2) is 41.5 Å². The molecule has 1 fully saturated rings. The van der Waals surface area contributed by atoms with Crippen molar-refractivity contribution < 1.29 is 9.45 Å². The number of anilines is 1. The topological polar surface area (TPSA) is 97.3 Å². The van der Waals surface area contributed by atoms with Gasteiger partial charge in [-0.2, -0.15) is 0 Å². The molecule has 1 aliphatic heterocycles. The van der Waals surface area contributed by atoms with Gasteiger partial charge in [-0.1, -0.05) is 0 Å². The molecule has 0 saturated carbocycles. The van der Waals surface area contributed by atoms with Gasteiger partial charge >= 0.3 is 5.69 Å². The molecule has 8 heteroatoms. The smallest absolute Gasteiger partial charge is 0.301 e. The van der Waals surface area contributed by atoms with Gasteiger partial charge in [0.2, 0.25) is 11.1 Å². The lowest BCUT2D eigenvalue weighted by Crippen LogP contribution is -2.43. The quantitative estimate of drug-likeness (QED) is 0.612. The molecule has 1 aromatic heterocycles. The molecule has 0 radical (unpaired) electrons. The minimum absolute atomic E-state index is 0.0786. The van der Waals surface area contributed by atoms with Gasteiger partial charge in [0.05, 0.1) is 10.6 Å². The Bertz CT molecular complexity index is 590. The molecule has 0 unspecified atom stereocenters. The molecular formula is C10H11N5O3. The molecule has 0 atom stereocenters. The SMILES string of the molecule is O=[N+]([O-])c1ccc(N2CCNCC2)c2onnc12. The van der Waals surface area contributed by atoms with E-state index in [0.717, 1.165) is 31.9 Å². The van der Waals surface area contributed by atoms with Crippen LogP contribution in [0.5, 0.6) is 0 Å². The zero-order valence-electron chi connectivity index (χ0n) is 9.50. The van der Waals surface area contributed by atoms with Crippen LogP contribution >= 0.6 is 0 Å². The van der Waals surface area contributed by atoms with Crippen molar-refractivity contribution >= 4 is 22.5 Å². The van der Waals surface area contributed by atoms with E-state index < -0.39 is 4.92 Å². The molecule has 2 aromatic rings. The lowest BCUT2D eigenvalue weighted by molar-refractivity contribution is -0.383. The number of non-ortho nitro benzene ring substituents is 1. The molecule has 1 aromatic carbocycles. The average Bonchev–Trinajstić information content (AvgIpc) is 2.87. The van der Waals surface area contributed by atoms with Crippen molar-refractivity contribution in [2.45, 2.75) is 0 Å². The molecule has 3 rings (SSSR count). The molecule has 18 heavy (non-hydrogen) atoms. The van der Waals surface area contributed by atoms with Crippen molar-refractivity contribution in [2.75, 3.05) is 31.1 Å². The Morgan fingerprint density at radius 2 is 2.17 bits per heavy atom. The normalized spacial score (nSPS) is 16.1. The van der Waals surface area contributed by atoms with Crippen LogP contribution in [0.2, 0.25) is 0 Å². The van der Waals surface area contributed by atoms with E-state index >= 15 is 0 Å². The van der Waals surface area contributed by atoms with Crippen LogP contribution in [0.25, 0.3) is 11.1 Å². The van der Waals surface area contributed by atoms with Crippen LogP contribution in [0.15, 0.2) is 16.7 Å². The molecule has 1 saturated heterocycles. The summed E-state index contributed by atoms with van der Waals surface area (Å²) in [5.74, 6) is 0. The molecule has 8 nitrogen and oxygen atoms in total. The summed E-state index contributed by atoms with van der Waals surface area (Å²) in [6.07, 6.45) is 0. The summed E-state index contributed by atoms with van der Waals surface area (Å²) < 4.78 is 5.07. The fourth-order valence-corrected chi connectivity index (χ4v) is 2.14. The van der Waals surface area contributed by atoms with Gasteiger partial charge in [0.1, 0.15) is 0 Å². The molecule has 1 N–H and O–H groups in total. The highest BCUT2D eigenvalue weighted by Crippen LogP contribution is 2.31. The fourth-order valence-electron chi connectivity index (χ4n) is 2.14. The maximum Gasteiger partial charge on any atom is 0.301 e. The molecule has 0 bridgehead atoms. The van der Waals surface area contributed by atoms with Gasteiger partial charge in [0.25, 0.3) is 0 Å². The van der Waals surface area contributed by atoms with Gasteiger partial charge in [-0.25, -0.2) is 0 Å². The lowest BCUT2D eigenvalue weighted by Gasteiger charge is -2.28. The van der Waals surface area contributed by atoms with E-state index in [9.17, 15) is 10.1 Å². The maximum absolute atomic E-state index is 10.9. The average molecular weight is 249 g/mol. The number of nitrogens with zero attached hydrogens (tertiary/aromatic N) is 4. The van der Waals surface area contributed by atoms with E-state index in [2.05, 4.69) is 20.6 Å². The molecule has 0 amide bonds. The monoisotopic (exact) mass is 249 g/mol. The van der Waals surface area contributed by atoms with E-state index in [1.54, 1.807) is 6.07 Å². The lowest BCUT2D eigenvalue weighted by atomic mass is 10.2. The first kappa shape index (κ1) is 10.9. The first-order chi connectivity index (χ1) is 8.77. The van der Waals surface area contributed by atoms with E-state index in [-0.39, 0.29) is 11.2 Å². The van der Waals surface area contributed by atoms with E-state index in [4.69, 9.17) is 4.52 Å². The van der Waals surface area contributed by atoms with Crippen molar-refractivity contribution in [3.63, 3.8) is 0 Å². The highest BCUT2D eigenvalue weighted by Gasteiger charge is 2.23. The second kappa shape index (κ2) is 4.22. The maximum atomic E-state index is 10.9. The summed E-state index contributed by atoms with van der Waals surface area (Å²) in [5, 5.41) is 21.2. The van der Waals surface area contributed by atoms with Gasteiger partial charge in [-0.15, -0.1) is 5.10 Å². The number of piperazine rings is 1. The third-order valence-corrected chi connectivity index (χ3v) is 3.02. The predicted molar refractivity (Wildman–Crippen MR) is 63.5 cm³/mol. The minimum atomic E-state index is -0.478. The number of rotatable bonds is 2. The number of nitro groups is 1. The molecule has 2 heterocycles. The van der Waals surface area contributed by atoms with Gasteiger partial charge in [0.15, 0.2) is 0 Å². The third kappa shape index (κ3) is 1.66. The Hall–Kier alpha value is -2.22. The number of aromatic nitrogens is 2. The molecular weight excluding hydrogens is 238 g/mol. The second-order valence-electron chi connectivity index (χ2n) is 4.05. The summed E-state index contributed by atoms with van der Waals surface area (Å²) in [6, 6.07) is 3.14. The van der Waals surface area contributed by atoms with Crippen molar-refractivity contribution in [3.8, 4) is 0 Å². The number of benzene rings is 1. The number of fused-ring (bicyclic) bond motifs is 1. The predicted octanol–water partition coefficient (Wildman–Crippen LogP) is 0.541. The van der Waals surface area contributed by atoms with Crippen molar-refractivity contribution in [1.82, 2.24) is 15.7 Å². The van der Waals surface area contributed by atoms with Gasteiger partial charge in [0, 0.05) is 37.5 Å². The summed E-state index contributed by atoms with van der Waals surface area (Å²) in [6.45, 7) is 3.40. The largest absolute Gasteiger partial charge is 0.366 e. The molecule has 1 aliphatic rings. The highest BCUT2D eigenvalue weighted by atomic mass is 16.6. The van der Waals surface area contributed by atoms with Gasteiger partial charge in [-0.05, 0) is 6.07 Å². The summed E-state index contributed by atoms with van der Waals surface area (Å²) in [7, 11) is 0. The first-order valence-corrected chi connectivity index (χ1v) is 5.62. The summed E-state index contributed by atoms with van der Waals surface area (Å²) in [5.41, 5.74) is 1.31. The first-order valence-electron chi connectivity index (χ1n) is 5.62. The number of nitro benzene ring substituents is 1. The fraction of sp³-hybridized carbons (Fsp3) is 0.400. The Morgan fingerprint density at radius 3 is 2.89 bits per heavy atom. The van der Waals surface area contributed by atoms with Crippen LogP contribution < -0.4 is 10.2 Å². The van der Waals surface area contributed by atoms with E-state index in [1.165, 1.54) is 6.07 Å². The Labute approximate surface area is 102 Å². The van der Waals surface area contributed by atoms with E-state index in [1.807, 2.05) is 0 Å². The van der Waals surface area contributed by atoms with Gasteiger partial charge < -0.3 is 14.7 Å². The molecule has 0 spiro atoms. The zero-order chi connectivity index (χ0) is 12.5. The zero-order valence-corrected chi connectivity index (χ0v) is 9.50. The molecule has 0 aliphatic carbocycles. The van der Waals surface area contributed by atoms with Crippen LogP contribution in [0.4, 0.5) is 11.4 Å². The third-order valence-electron chi connectivity index (χ3n) is 3.02. The number of nitrogens with one attached hydrogen (secondary N) is 1. The second-order valence-corrected chi connectivity index (χ2v) is 4.05. The number of hydrogen-bond donors (Lipinski definition) is 1. The van der Waals surface area contributed by atoms with Crippen LogP contribution in [0, 0.1) is 10.1 Å². The van der Waals surface area contributed by atoms with Crippen molar-refractivity contribution in [3.05, 3.63) is 22.2 Å². The summed E-state index contributed by atoms with van der Waals surface area (Å²) >= 11 is 0. The summed E-state index contributed by atoms with van der Waals surface area (Å²) in [4.78, 5) is 12.5. The molecule has 94 valence electrons. The number of hydrogen-bond acceptors (Lipinski definition) is 7. The van der Waals surface area contributed by atoms with E-state index in [0.29, 0.717) is 5.58 Å². The standard InChI is InChI=1S/C10H11N5O3/c16-15(17)7-1-2-8(10-9(7)12-13-18-10)14-5-3-11-4-6-14/h1-2,11H,3-6H2. The Kier molecular flexibility index (Phi) is 2.56. The minimum Gasteiger partial charge on any atom is -0.366 e. The van der Waals surface area contributed by atoms with Crippen LogP contribution in [0.3, 0.4) is 0 Å². The highest BCUT2D eigenvalue weighted by molar-refractivity contribution is 5.92. The Balaban J connectivity index is 2.10. The van der Waals surface area contributed by atoms with Gasteiger partial charge in [-0.3, -0.25) is 10.1 Å². The van der Waals surface area contributed by atoms with Crippen LogP contribution in [-0.2, 0) is 0 Å².